The van der Waals surface area contributed by atoms with Crippen molar-refractivity contribution in [3.8, 4) is 0 Å². The summed E-state index contributed by atoms with van der Waals surface area (Å²) >= 11 is 2.41. The van der Waals surface area contributed by atoms with Crippen LogP contribution in [0.4, 0.5) is 10.8 Å². The summed E-state index contributed by atoms with van der Waals surface area (Å²) in [6.45, 7) is 5.95. The van der Waals surface area contributed by atoms with Crippen molar-refractivity contribution in [2.75, 3.05) is 29.5 Å². The summed E-state index contributed by atoms with van der Waals surface area (Å²) in [6.07, 6.45) is 0. The molecule has 1 aromatic carbocycles. The van der Waals surface area contributed by atoms with Gasteiger partial charge in [0.1, 0.15) is 0 Å². The minimum atomic E-state index is -0.371. The number of carbonyl (C=O) groups excluding carboxylic acids is 2. The highest BCUT2D eigenvalue weighted by molar-refractivity contribution is 8.01. The number of carbonyl (C=O) groups is 2. The van der Waals surface area contributed by atoms with Gasteiger partial charge in [0.15, 0.2) is 4.34 Å². The standard InChI is InChI=1S/C15H20N6O2S2/c1-3-21(4-2)11-7-5-10(6-8-11)13(23)18-17-12(22)9-24-15-20-19-14(16)25-15/h5-8H,3-4,9H2,1-2H3,(H2,16,19)(H,17,22)(H,18,23). The monoisotopic (exact) mass is 380 g/mol. The van der Waals surface area contributed by atoms with Gasteiger partial charge in [-0.1, -0.05) is 23.1 Å². The van der Waals surface area contributed by atoms with Gasteiger partial charge in [0.25, 0.3) is 5.91 Å². The first-order valence-corrected chi connectivity index (χ1v) is 9.49. The van der Waals surface area contributed by atoms with Crippen LogP contribution in [0.25, 0.3) is 0 Å². The molecule has 4 N–H and O–H groups in total. The molecule has 0 aliphatic heterocycles. The second kappa shape index (κ2) is 9.23. The molecule has 2 aromatic rings. The van der Waals surface area contributed by atoms with Crippen molar-refractivity contribution in [3.05, 3.63) is 29.8 Å². The van der Waals surface area contributed by atoms with Gasteiger partial charge in [0.2, 0.25) is 11.0 Å². The zero-order valence-corrected chi connectivity index (χ0v) is 15.6. The van der Waals surface area contributed by atoms with E-state index in [4.69, 9.17) is 5.73 Å². The lowest BCUT2D eigenvalue weighted by Gasteiger charge is -2.21. The van der Waals surface area contributed by atoms with E-state index < -0.39 is 0 Å². The molecule has 0 aliphatic rings. The number of thioether (sulfide) groups is 1. The summed E-state index contributed by atoms with van der Waals surface area (Å²) in [6, 6.07) is 7.24. The lowest BCUT2D eigenvalue weighted by Crippen LogP contribution is -2.42. The maximum Gasteiger partial charge on any atom is 0.269 e. The third kappa shape index (κ3) is 5.61. The lowest BCUT2D eigenvalue weighted by atomic mass is 10.2. The molecule has 1 aromatic heterocycles. The van der Waals surface area contributed by atoms with Crippen LogP contribution in [-0.4, -0.2) is 40.9 Å². The van der Waals surface area contributed by atoms with Gasteiger partial charge in [-0.2, -0.15) is 0 Å². The number of amides is 2. The molecule has 2 amide bonds. The van der Waals surface area contributed by atoms with Crippen LogP contribution in [0.15, 0.2) is 28.6 Å². The number of nitrogens with one attached hydrogen (secondary N) is 2. The van der Waals surface area contributed by atoms with E-state index in [1.807, 2.05) is 12.1 Å². The molecule has 134 valence electrons. The van der Waals surface area contributed by atoms with E-state index in [0.717, 1.165) is 18.8 Å². The summed E-state index contributed by atoms with van der Waals surface area (Å²) in [5.41, 5.74) is 11.8. The molecule has 8 nitrogen and oxygen atoms in total. The molecular formula is C15H20N6O2S2. The van der Waals surface area contributed by atoms with Gasteiger partial charge in [0, 0.05) is 24.3 Å². The molecule has 25 heavy (non-hydrogen) atoms. The number of hydrogen-bond donors (Lipinski definition) is 3. The Labute approximate surface area is 154 Å². The molecule has 0 fully saturated rings. The van der Waals surface area contributed by atoms with E-state index >= 15 is 0 Å². The Morgan fingerprint density at radius 2 is 1.84 bits per heavy atom. The number of hydrogen-bond acceptors (Lipinski definition) is 8. The Bertz CT molecular complexity index is 715. The van der Waals surface area contributed by atoms with Crippen LogP contribution in [0.5, 0.6) is 0 Å². The topological polar surface area (TPSA) is 113 Å². The van der Waals surface area contributed by atoms with Crippen LogP contribution in [0.2, 0.25) is 0 Å². The third-order valence-corrected chi connectivity index (χ3v) is 5.21. The van der Waals surface area contributed by atoms with E-state index in [1.165, 1.54) is 23.1 Å². The van der Waals surface area contributed by atoms with Crippen LogP contribution >= 0.6 is 23.1 Å². The molecule has 0 aliphatic carbocycles. The summed E-state index contributed by atoms with van der Waals surface area (Å²) in [5, 5.41) is 7.81. The first-order chi connectivity index (χ1) is 12.0. The van der Waals surface area contributed by atoms with Crippen molar-refractivity contribution in [3.63, 3.8) is 0 Å². The number of nitrogens with zero attached hydrogens (tertiary/aromatic N) is 3. The van der Waals surface area contributed by atoms with Crippen LogP contribution in [0.3, 0.4) is 0 Å². The van der Waals surface area contributed by atoms with Crippen molar-refractivity contribution in [1.29, 1.82) is 0 Å². The van der Waals surface area contributed by atoms with Crippen LogP contribution in [0.1, 0.15) is 24.2 Å². The van der Waals surface area contributed by atoms with Gasteiger partial charge >= 0.3 is 0 Å². The molecule has 0 spiro atoms. The van der Waals surface area contributed by atoms with E-state index in [0.29, 0.717) is 15.0 Å². The summed E-state index contributed by atoms with van der Waals surface area (Å²) in [5.74, 6) is -0.605. The molecule has 0 saturated heterocycles. The highest BCUT2D eigenvalue weighted by Crippen LogP contribution is 2.22. The smallest absolute Gasteiger partial charge is 0.269 e. The Kier molecular flexibility index (Phi) is 7.02. The van der Waals surface area contributed by atoms with Crippen LogP contribution in [-0.2, 0) is 4.79 Å². The molecule has 0 atom stereocenters. The first kappa shape index (κ1) is 19.0. The van der Waals surface area contributed by atoms with Gasteiger partial charge < -0.3 is 10.6 Å². The Balaban J connectivity index is 1.80. The number of nitrogen functional groups attached to an aromatic ring is 1. The number of nitrogens with two attached hydrogens (primary N) is 1. The fourth-order valence-corrected chi connectivity index (χ4v) is 3.49. The number of hydrazine groups is 1. The summed E-state index contributed by atoms with van der Waals surface area (Å²) in [7, 11) is 0. The van der Waals surface area contributed by atoms with E-state index in [9.17, 15) is 9.59 Å². The van der Waals surface area contributed by atoms with Gasteiger partial charge in [-0.05, 0) is 38.1 Å². The van der Waals surface area contributed by atoms with E-state index in [2.05, 4.69) is 39.8 Å². The van der Waals surface area contributed by atoms with Gasteiger partial charge in [-0.3, -0.25) is 20.4 Å². The van der Waals surface area contributed by atoms with Crippen molar-refractivity contribution >= 4 is 45.7 Å². The predicted octanol–water partition coefficient (Wildman–Crippen LogP) is 1.52. The van der Waals surface area contributed by atoms with Crippen molar-refractivity contribution in [2.24, 2.45) is 0 Å². The zero-order valence-electron chi connectivity index (χ0n) is 14.0. The Hall–Kier alpha value is -2.33. The van der Waals surface area contributed by atoms with Crippen LogP contribution < -0.4 is 21.5 Å². The third-order valence-electron chi connectivity index (χ3n) is 3.32. The van der Waals surface area contributed by atoms with Crippen LogP contribution in [0, 0.1) is 0 Å². The number of anilines is 2. The molecule has 10 heteroatoms. The molecule has 2 rings (SSSR count). The zero-order chi connectivity index (χ0) is 18.2. The fraction of sp³-hybridized carbons (Fsp3) is 0.333. The number of rotatable bonds is 7. The molecule has 0 unspecified atom stereocenters. The Morgan fingerprint density at radius 3 is 2.40 bits per heavy atom. The van der Waals surface area contributed by atoms with Crippen molar-refractivity contribution < 1.29 is 9.59 Å². The van der Waals surface area contributed by atoms with E-state index in [1.54, 1.807) is 12.1 Å². The van der Waals surface area contributed by atoms with Crippen molar-refractivity contribution in [2.45, 2.75) is 18.2 Å². The second-order valence-electron chi connectivity index (χ2n) is 4.92. The molecular weight excluding hydrogens is 360 g/mol. The van der Waals surface area contributed by atoms with Gasteiger partial charge in [-0.25, -0.2) is 0 Å². The van der Waals surface area contributed by atoms with E-state index in [-0.39, 0.29) is 17.6 Å². The SMILES string of the molecule is CCN(CC)c1ccc(C(=O)NNC(=O)CSc2nnc(N)s2)cc1. The molecule has 0 saturated carbocycles. The lowest BCUT2D eigenvalue weighted by molar-refractivity contribution is -0.119. The summed E-state index contributed by atoms with van der Waals surface area (Å²) in [4.78, 5) is 26.0. The van der Waals surface area contributed by atoms with Gasteiger partial charge in [0.05, 0.1) is 5.75 Å². The molecule has 1 heterocycles. The minimum Gasteiger partial charge on any atom is -0.374 e. The quantitative estimate of drug-likeness (QED) is 0.493. The molecule has 0 radical (unpaired) electrons. The predicted molar refractivity (Wildman–Crippen MR) is 101 cm³/mol. The fourth-order valence-electron chi connectivity index (χ4n) is 2.05. The number of aromatic nitrogens is 2. The highest BCUT2D eigenvalue weighted by atomic mass is 32.2. The normalized spacial score (nSPS) is 10.3. The molecule has 0 bridgehead atoms. The maximum absolute atomic E-state index is 12.1. The minimum absolute atomic E-state index is 0.107. The maximum atomic E-state index is 12.1. The highest BCUT2D eigenvalue weighted by Gasteiger charge is 2.10. The average molecular weight is 380 g/mol. The Morgan fingerprint density at radius 1 is 1.16 bits per heavy atom. The second-order valence-corrected chi connectivity index (χ2v) is 7.15. The average Bonchev–Trinajstić information content (AvgIpc) is 3.05. The van der Waals surface area contributed by atoms with Gasteiger partial charge in [-0.15, -0.1) is 10.2 Å². The summed E-state index contributed by atoms with van der Waals surface area (Å²) < 4.78 is 0.603. The first-order valence-electron chi connectivity index (χ1n) is 7.69. The van der Waals surface area contributed by atoms with Crippen molar-refractivity contribution in [1.82, 2.24) is 21.0 Å². The number of benzene rings is 1. The largest absolute Gasteiger partial charge is 0.374 e.